The van der Waals surface area contributed by atoms with Crippen LogP contribution in [0.1, 0.15) is 29.6 Å². The van der Waals surface area contributed by atoms with Gasteiger partial charge in [-0.1, -0.05) is 18.2 Å². The average Bonchev–Trinajstić information content (AvgIpc) is 2.69. The van der Waals surface area contributed by atoms with Gasteiger partial charge in [-0.25, -0.2) is 0 Å². The largest absolute Gasteiger partial charge is 0.354 e. The number of nitrogens with zero attached hydrogens (tertiary/aromatic N) is 1. The zero-order valence-corrected chi connectivity index (χ0v) is 12.1. The van der Waals surface area contributed by atoms with Gasteiger partial charge in [-0.3, -0.25) is 9.59 Å². The van der Waals surface area contributed by atoms with E-state index in [2.05, 4.69) is 10.6 Å². The van der Waals surface area contributed by atoms with Crippen molar-refractivity contribution >= 4 is 22.7 Å². The number of aromatic nitrogens is 1. The Balaban J connectivity index is 1.85. The zero-order valence-electron chi connectivity index (χ0n) is 12.1. The summed E-state index contributed by atoms with van der Waals surface area (Å²) in [5.74, 6) is -0.269. The highest BCUT2D eigenvalue weighted by molar-refractivity contribution is 6.08. The molecule has 0 bridgehead atoms. The standard InChI is InChI=1S/C16H19N3O2/c1-19-10-12(11-6-2-3-8-14(11)19)15(20)18-13-7-4-5-9-17-16(13)21/h2-3,6,8,10,13H,4-5,7,9H2,1H3,(H,17,21)(H,18,20). The molecule has 2 amide bonds. The molecule has 1 aliphatic rings. The smallest absolute Gasteiger partial charge is 0.254 e. The number of aryl methyl sites for hydroxylation is 1. The highest BCUT2D eigenvalue weighted by atomic mass is 16.2. The van der Waals surface area contributed by atoms with Gasteiger partial charge >= 0.3 is 0 Å². The van der Waals surface area contributed by atoms with Crippen LogP contribution in [0.15, 0.2) is 30.5 Å². The van der Waals surface area contributed by atoms with Crippen molar-refractivity contribution in [3.8, 4) is 0 Å². The van der Waals surface area contributed by atoms with E-state index in [4.69, 9.17) is 0 Å². The van der Waals surface area contributed by atoms with Crippen LogP contribution in [-0.2, 0) is 11.8 Å². The first-order chi connectivity index (χ1) is 10.2. The predicted molar refractivity (Wildman–Crippen MR) is 81.0 cm³/mol. The number of carbonyl (C=O) groups is 2. The molecular formula is C16H19N3O2. The maximum absolute atomic E-state index is 12.5. The Morgan fingerprint density at radius 2 is 2.14 bits per heavy atom. The minimum Gasteiger partial charge on any atom is -0.354 e. The Morgan fingerprint density at radius 3 is 3.00 bits per heavy atom. The fraction of sp³-hybridized carbons (Fsp3) is 0.375. The Morgan fingerprint density at radius 1 is 1.33 bits per heavy atom. The van der Waals surface area contributed by atoms with E-state index in [0.717, 1.165) is 23.7 Å². The summed E-state index contributed by atoms with van der Waals surface area (Å²) in [6.45, 7) is 0.694. The zero-order chi connectivity index (χ0) is 14.8. The Labute approximate surface area is 123 Å². The topological polar surface area (TPSA) is 63.1 Å². The van der Waals surface area contributed by atoms with Gasteiger partial charge in [0.2, 0.25) is 5.91 Å². The van der Waals surface area contributed by atoms with Crippen molar-refractivity contribution in [2.75, 3.05) is 6.54 Å². The first kappa shape index (κ1) is 13.7. The van der Waals surface area contributed by atoms with E-state index in [9.17, 15) is 9.59 Å². The normalized spacial score (nSPS) is 19.1. The van der Waals surface area contributed by atoms with Crippen molar-refractivity contribution in [2.45, 2.75) is 25.3 Å². The lowest BCUT2D eigenvalue weighted by molar-refractivity contribution is -0.122. The van der Waals surface area contributed by atoms with Crippen molar-refractivity contribution in [1.29, 1.82) is 0 Å². The second kappa shape index (κ2) is 5.60. The summed E-state index contributed by atoms with van der Waals surface area (Å²) in [5, 5.41) is 6.61. The van der Waals surface area contributed by atoms with Crippen LogP contribution in [0, 0.1) is 0 Å². The van der Waals surface area contributed by atoms with Crippen LogP contribution in [0.2, 0.25) is 0 Å². The minimum absolute atomic E-state index is 0.0823. The lowest BCUT2D eigenvalue weighted by atomic mass is 10.1. The van der Waals surface area contributed by atoms with E-state index in [0.29, 0.717) is 18.5 Å². The minimum atomic E-state index is -0.432. The number of amides is 2. The number of para-hydroxylation sites is 1. The molecule has 1 unspecified atom stereocenters. The maximum Gasteiger partial charge on any atom is 0.254 e. The SMILES string of the molecule is Cn1cc(C(=O)NC2CCCCNC2=O)c2ccccc21. The molecule has 5 heteroatoms. The van der Waals surface area contributed by atoms with E-state index in [1.54, 1.807) is 0 Å². The van der Waals surface area contributed by atoms with Crippen LogP contribution in [0.3, 0.4) is 0 Å². The van der Waals surface area contributed by atoms with Crippen molar-refractivity contribution < 1.29 is 9.59 Å². The number of benzene rings is 1. The highest BCUT2D eigenvalue weighted by Crippen LogP contribution is 2.20. The molecule has 2 heterocycles. The number of rotatable bonds is 2. The lowest BCUT2D eigenvalue weighted by Crippen LogP contribution is -2.45. The molecule has 110 valence electrons. The van der Waals surface area contributed by atoms with E-state index in [1.165, 1.54) is 0 Å². The molecule has 0 spiro atoms. The second-order valence-electron chi connectivity index (χ2n) is 5.48. The van der Waals surface area contributed by atoms with Crippen LogP contribution in [0.4, 0.5) is 0 Å². The molecule has 5 nitrogen and oxygen atoms in total. The molecule has 0 radical (unpaired) electrons. The number of fused-ring (bicyclic) bond motifs is 1. The summed E-state index contributed by atoms with van der Waals surface area (Å²) in [4.78, 5) is 24.4. The van der Waals surface area contributed by atoms with E-state index < -0.39 is 6.04 Å². The lowest BCUT2D eigenvalue weighted by Gasteiger charge is -2.14. The number of carbonyl (C=O) groups excluding carboxylic acids is 2. The fourth-order valence-corrected chi connectivity index (χ4v) is 2.84. The van der Waals surface area contributed by atoms with Gasteiger partial charge in [-0.05, 0) is 25.3 Å². The van der Waals surface area contributed by atoms with Crippen molar-refractivity contribution in [2.24, 2.45) is 7.05 Å². The summed E-state index contributed by atoms with van der Waals surface area (Å²) in [6, 6.07) is 7.33. The van der Waals surface area contributed by atoms with Crippen LogP contribution in [-0.4, -0.2) is 29.0 Å². The maximum atomic E-state index is 12.5. The van der Waals surface area contributed by atoms with Crippen LogP contribution in [0.5, 0.6) is 0 Å². The van der Waals surface area contributed by atoms with Crippen LogP contribution >= 0.6 is 0 Å². The van der Waals surface area contributed by atoms with Gasteiger partial charge in [0.05, 0.1) is 5.56 Å². The molecule has 2 N–H and O–H groups in total. The van der Waals surface area contributed by atoms with Crippen molar-refractivity contribution in [1.82, 2.24) is 15.2 Å². The molecule has 1 aromatic carbocycles. The first-order valence-corrected chi connectivity index (χ1v) is 7.29. The monoisotopic (exact) mass is 285 g/mol. The van der Waals surface area contributed by atoms with Crippen LogP contribution in [0.25, 0.3) is 10.9 Å². The fourth-order valence-electron chi connectivity index (χ4n) is 2.84. The van der Waals surface area contributed by atoms with E-state index >= 15 is 0 Å². The van der Waals surface area contributed by atoms with Crippen molar-refractivity contribution in [3.63, 3.8) is 0 Å². The second-order valence-corrected chi connectivity index (χ2v) is 5.48. The molecule has 1 aromatic heterocycles. The van der Waals surface area contributed by atoms with Gasteiger partial charge in [-0.15, -0.1) is 0 Å². The first-order valence-electron chi connectivity index (χ1n) is 7.29. The van der Waals surface area contributed by atoms with Gasteiger partial charge in [-0.2, -0.15) is 0 Å². The summed E-state index contributed by atoms with van der Waals surface area (Å²) < 4.78 is 1.93. The van der Waals surface area contributed by atoms with Gasteiger partial charge in [0.1, 0.15) is 6.04 Å². The Bertz CT molecular complexity index is 690. The van der Waals surface area contributed by atoms with Crippen molar-refractivity contribution in [3.05, 3.63) is 36.0 Å². The summed E-state index contributed by atoms with van der Waals surface area (Å²) in [7, 11) is 1.91. The number of nitrogens with one attached hydrogen (secondary N) is 2. The molecule has 1 fully saturated rings. The molecule has 2 aromatic rings. The molecule has 1 aliphatic heterocycles. The summed E-state index contributed by atoms with van der Waals surface area (Å²) in [5.41, 5.74) is 1.62. The molecule has 0 saturated carbocycles. The number of hydrogen-bond acceptors (Lipinski definition) is 2. The third-order valence-electron chi connectivity index (χ3n) is 3.98. The number of hydrogen-bond donors (Lipinski definition) is 2. The highest BCUT2D eigenvalue weighted by Gasteiger charge is 2.24. The van der Waals surface area contributed by atoms with Gasteiger partial charge in [0.25, 0.3) is 5.91 Å². The van der Waals surface area contributed by atoms with Crippen LogP contribution < -0.4 is 10.6 Å². The predicted octanol–water partition coefficient (Wildman–Crippen LogP) is 1.58. The Kier molecular flexibility index (Phi) is 3.64. The molecule has 3 rings (SSSR count). The Hall–Kier alpha value is -2.30. The van der Waals surface area contributed by atoms with E-state index in [1.807, 2.05) is 42.1 Å². The average molecular weight is 285 g/mol. The molecule has 1 saturated heterocycles. The molecule has 0 aliphatic carbocycles. The third-order valence-corrected chi connectivity index (χ3v) is 3.98. The quantitative estimate of drug-likeness (QED) is 0.880. The molecule has 21 heavy (non-hydrogen) atoms. The molecular weight excluding hydrogens is 266 g/mol. The molecule has 1 atom stereocenters. The third kappa shape index (κ3) is 2.63. The summed E-state index contributed by atoms with van der Waals surface area (Å²) in [6.07, 6.45) is 4.42. The van der Waals surface area contributed by atoms with Gasteiger partial charge in [0, 0.05) is 30.7 Å². The summed E-state index contributed by atoms with van der Waals surface area (Å²) >= 11 is 0. The van der Waals surface area contributed by atoms with Gasteiger partial charge in [0.15, 0.2) is 0 Å². The van der Waals surface area contributed by atoms with Gasteiger partial charge < -0.3 is 15.2 Å². The van der Waals surface area contributed by atoms with E-state index in [-0.39, 0.29) is 11.8 Å².